The van der Waals surface area contributed by atoms with Gasteiger partial charge in [0.25, 0.3) is 0 Å². The van der Waals surface area contributed by atoms with Crippen molar-refractivity contribution in [1.82, 2.24) is 4.90 Å². The van der Waals surface area contributed by atoms with Crippen molar-refractivity contribution in [3.63, 3.8) is 0 Å². The summed E-state index contributed by atoms with van der Waals surface area (Å²) in [7, 11) is 0. The number of rotatable bonds is 10. The van der Waals surface area contributed by atoms with Gasteiger partial charge in [-0.25, -0.2) is 4.79 Å². The van der Waals surface area contributed by atoms with Crippen molar-refractivity contribution in [2.75, 3.05) is 31.6 Å². The summed E-state index contributed by atoms with van der Waals surface area (Å²) in [6.07, 6.45) is 7.97. The molecule has 0 bridgehead atoms. The van der Waals surface area contributed by atoms with Crippen LogP contribution in [0.5, 0.6) is 5.75 Å². The highest BCUT2D eigenvalue weighted by molar-refractivity contribution is 5.84. The third kappa shape index (κ3) is 8.09. The molecule has 1 atom stereocenters. The monoisotopic (exact) mass is 362 g/mol. The van der Waals surface area contributed by atoms with E-state index in [1.807, 2.05) is 31.2 Å². The number of anilines is 1. The van der Waals surface area contributed by atoms with Gasteiger partial charge in [0.05, 0.1) is 6.61 Å². The standard InChI is InChI=1S/C21H34N2O3/c1-3-4-5-9-15-25-20-12-10-11-19(16-20)22-21(24)26-18(2)17-23-13-7-6-8-14-23/h10-12,16,18H,3-9,13-15,17H2,1-2H3,(H,22,24)/t18-/m0/s1. The molecule has 146 valence electrons. The molecule has 2 rings (SSSR count). The molecule has 1 aromatic carbocycles. The first-order valence-electron chi connectivity index (χ1n) is 10.1. The maximum Gasteiger partial charge on any atom is 0.411 e. The second-order valence-electron chi connectivity index (χ2n) is 7.14. The molecule has 1 saturated heterocycles. The summed E-state index contributed by atoms with van der Waals surface area (Å²) >= 11 is 0. The molecule has 0 spiro atoms. The largest absolute Gasteiger partial charge is 0.494 e. The number of carbonyl (C=O) groups excluding carboxylic acids is 1. The summed E-state index contributed by atoms with van der Waals surface area (Å²) in [4.78, 5) is 14.5. The number of unbranched alkanes of at least 4 members (excludes halogenated alkanes) is 3. The van der Waals surface area contributed by atoms with E-state index in [9.17, 15) is 4.79 Å². The molecule has 1 N–H and O–H groups in total. The third-order valence-corrected chi connectivity index (χ3v) is 4.62. The second-order valence-corrected chi connectivity index (χ2v) is 7.14. The van der Waals surface area contributed by atoms with Crippen LogP contribution in [-0.4, -0.2) is 43.3 Å². The Morgan fingerprint density at radius 2 is 2.00 bits per heavy atom. The van der Waals surface area contributed by atoms with Crippen LogP contribution in [0, 0.1) is 0 Å². The highest BCUT2D eigenvalue weighted by Crippen LogP contribution is 2.18. The Morgan fingerprint density at radius 1 is 1.19 bits per heavy atom. The van der Waals surface area contributed by atoms with E-state index in [0.717, 1.165) is 31.8 Å². The van der Waals surface area contributed by atoms with E-state index in [2.05, 4.69) is 17.1 Å². The Kier molecular flexibility index (Phi) is 9.32. The van der Waals surface area contributed by atoms with Crippen LogP contribution < -0.4 is 10.1 Å². The van der Waals surface area contributed by atoms with Crippen LogP contribution in [0.15, 0.2) is 24.3 Å². The van der Waals surface area contributed by atoms with E-state index in [1.165, 1.54) is 38.5 Å². The molecule has 5 nitrogen and oxygen atoms in total. The number of carbonyl (C=O) groups is 1. The van der Waals surface area contributed by atoms with E-state index in [4.69, 9.17) is 9.47 Å². The van der Waals surface area contributed by atoms with Crippen LogP contribution in [0.1, 0.15) is 58.8 Å². The van der Waals surface area contributed by atoms with Crippen LogP contribution in [-0.2, 0) is 4.74 Å². The minimum atomic E-state index is -0.408. The number of hydrogen-bond donors (Lipinski definition) is 1. The van der Waals surface area contributed by atoms with E-state index in [-0.39, 0.29) is 6.10 Å². The summed E-state index contributed by atoms with van der Waals surface area (Å²) in [5, 5.41) is 2.80. The predicted octanol–water partition coefficient (Wildman–Crippen LogP) is 5.07. The summed E-state index contributed by atoms with van der Waals surface area (Å²) in [5.41, 5.74) is 0.700. The smallest absolute Gasteiger partial charge is 0.411 e. The maximum absolute atomic E-state index is 12.1. The van der Waals surface area contributed by atoms with Crippen molar-refractivity contribution >= 4 is 11.8 Å². The third-order valence-electron chi connectivity index (χ3n) is 4.62. The van der Waals surface area contributed by atoms with Crippen molar-refractivity contribution in [2.45, 2.75) is 64.9 Å². The van der Waals surface area contributed by atoms with Crippen molar-refractivity contribution in [3.05, 3.63) is 24.3 Å². The van der Waals surface area contributed by atoms with Gasteiger partial charge in [0.1, 0.15) is 11.9 Å². The lowest BCUT2D eigenvalue weighted by Gasteiger charge is -2.28. The van der Waals surface area contributed by atoms with Gasteiger partial charge in [0.2, 0.25) is 0 Å². The summed E-state index contributed by atoms with van der Waals surface area (Å²) in [5.74, 6) is 0.778. The number of likely N-dealkylation sites (tertiary alicyclic amines) is 1. The normalized spacial score (nSPS) is 16.1. The maximum atomic E-state index is 12.1. The lowest BCUT2D eigenvalue weighted by Crippen LogP contribution is -2.37. The average molecular weight is 363 g/mol. The number of ether oxygens (including phenoxy) is 2. The van der Waals surface area contributed by atoms with Gasteiger partial charge in [-0.15, -0.1) is 0 Å². The molecule has 0 radical (unpaired) electrons. The topological polar surface area (TPSA) is 50.8 Å². The SMILES string of the molecule is CCCCCCOc1cccc(NC(=O)O[C@@H](C)CN2CCCCC2)c1. The zero-order valence-electron chi connectivity index (χ0n) is 16.3. The molecule has 0 aliphatic carbocycles. The first-order chi connectivity index (χ1) is 12.7. The Balaban J connectivity index is 1.71. The quantitative estimate of drug-likeness (QED) is 0.591. The van der Waals surface area contributed by atoms with Crippen LogP contribution in [0.4, 0.5) is 10.5 Å². The van der Waals surface area contributed by atoms with Crippen molar-refractivity contribution in [2.24, 2.45) is 0 Å². The first kappa shape index (κ1) is 20.6. The van der Waals surface area contributed by atoms with Crippen molar-refractivity contribution < 1.29 is 14.3 Å². The molecule has 1 fully saturated rings. The fourth-order valence-corrected chi connectivity index (χ4v) is 3.26. The zero-order chi connectivity index (χ0) is 18.6. The fourth-order valence-electron chi connectivity index (χ4n) is 3.26. The Morgan fingerprint density at radius 3 is 2.77 bits per heavy atom. The van der Waals surface area contributed by atoms with Gasteiger partial charge in [0.15, 0.2) is 0 Å². The highest BCUT2D eigenvalue weighted by Gasteiger charge is 2.16. The molecule has 1 amide bonds. The van der Waals surface area contributed by atoms with Gasteiger partial charge < -0.3 is 9.47 Å². The van der Waals surface area contributed by atoms with Crippen LogP contribution in [0.3, 0.4) is 0 Å². The van der Waals surface area contributed by atoms with Gasteiger partial charge in [-0.2, -0.15) is 0 Å². The lowest BCUT2D eigenvalue weighted by atomic mass is 10.1. The van der Waals surface area contributed by atoms with Gasteiger partial charge >= 0.3 is 6.09 Å². The molecule has 1 aromatic rings. The number of amides is 1. The molecule has 0 aromatic heterocycles. The Labute approximate surface area is 158 Å². The Hall–Kier alpha value is -1.75. The van der Waals surface area contributed by atoms with E-state index in [1.54, 1.807) is 0 Å². The van der Waals surface area contributed by atoms with E-state index >= 15 is 0 Å². The molecular formula is C21H34N2O3. The predicted molar refractivity (Wildman–Crippen MR) is 106 cm³/mol. The highest BCUT2D eigenvalue weighted by atomic mass is 16.6. The lowest BCUT2D eigenvalue weighted by molar-refractivity contribution is 0.0833. The molecule has 0 saturated carbocycles. The van der Waals surface area contributed by atoms with E-state index in [0.29, 0.717) is 12.3 Å². The molecule has 26 heavy (non-hydrogen) atoms. The summed E-state index contributed by atoms with van der Waals surface area (Å²) in [6, 6.07) is 7.49. The van der Waals surface area contributed by atoms with Gasteiger partial charge in [-0.05, 0) is 51.4 Å². The molecule has 1 heterocycles. The van der Waals surface area contributed by atoms with Crippen molar-refractivity contribution in [3.8, 4) is 5.75 Å². The number of piperidine rings is 1. The van der Waals surface area contributed by atoms with Crippen LogP contribution in [0.25, 0.3) is 0 Å². The van der Waals surface area contributed by atoms with E-state index < -0.39 is 6.09 Å². The summed E-state index contributed by atoms with van der Waals surface area (Å²) < 4.78 is 11.2. The number of benzene rings is 1. The molecule has 5 heteroatoms. The number of nitrogens with one attached hydrogen (secondary N) is 1. The van der Waals surface area contributed by atoms with Gasteiger partial charge in [-0.1, -0.05) is 38.7 Å². The molecular weight excluding hydrogens is 328 g/mol. The fraction of sp³-hybridized carbons (Fsp3) is 0.667. The average Bonchev–Trinajstić information content (AvgIpc) is 2.62. The molecule has 0 unspecified atom stereocenters. The van der Waals surface area contributed by atoms with Crippen LogP contribution >= 0.6 is 0 Å². The second kappa shape index (κ2) is 11.8. The van der Waals surface area contributed by atoms with Gasteiger partial charge in [-0.3, -0.25) is 10.2 Å². The number of hydrogen-bond acceptors (Lipinski definition) is 4. The van der Waals surface area contributed by atoms with Crippen LogP contribution in [0.2, 0.25) is 0 Å². The first-order valence-corrected chi connectivity index (χ1v) is 10.1. The van der Waals surface area contributed by atoms with Crippen molar-refractivity contribution in [1.29, 1.82) is 0 Å². The zero-order valence-corrected chi connectivity index (χ0v) is 16.3. The molecule has 1 aliphatic rings. The summed E-state index contributed by atoms with van der Waals surface area (Å²) in [6.45, 7) is 7.86. The minimum absolute atomic E-state index is 0.119. The minimum Gasteiger partial charge on any atom is -0.494 e. The number of nitrogens with zero attached hydrogens (tertiary/aromatic N) is 1. The Bertz CT molecular complexity index is 530. The molecule has 1 aliphatic heterocycles. The van der Waals surface area contributed by atoms with Gasteiger partial charge in [0, 0.05) is 18.3 Å².